The second-order valence-electron chi connectivity index (χ2n) is 11.8. The number of aryl methyl sites for hydroxylation is 1. The first-order valence-corrected chi connectivity index (χ1v) is 15.9. The topological polar surface area (TPSA) is 137 Å². The number of aliphatic hydroxyl groups excluding tert-OH is 2. The molecule has 3 aromatic carbocycles. The van der Waals surface area contributed by atoms with Gasteiger partial charge in [-0.1, -0.05) is 49.2 Å². The predicted octanol–water partition coefficient (Wildman–Crippen LogP) is 5.08. The predicted molar refractivity (Wildman–Crippen MR) is 173 cm³/mol. The van der Waals surface area contributed by atoms with E-state index < -0.39 is 53.3 Å². The summed E-state index contributed by atoms with van der Waals surface area (Å²) in [5, 5.41) is 28.4. The van der Waals surface area contributed by atoms with Gasteiger partial charge in [-0.15, -0.1) is 0 Å². The van der Waals surface area contributed by atoms with Crippen LogP contribution >= 0.6 is 23.2 Å². The maximum atomic E-state index is 14.8. The number of hydrogen-bond acceptors (Lipinski definition) is 6. The van der Waals surface area contributed by atoms with Gasteiger partial charge in [-0.2, -0.15) is 0 Å². The van der Waals surface area contributed by atoms with Crippen LogP contribution in [-0.2, 0) is 19.8 Å². The second-order valence-corrected chi connectivity index (χ2v) is 12.7. The van der Waals surface area contributed by atoms with Crippen LogP contribution in [0.15, 0.2) is 54.6 Å². The van der Waals surface area contributed by atoms with E-state index in [1.54, 1.807) is 63.2 Å². The molecule has 46 heavy (non-hydrogen) atoms. The zero-order valence-corrected chi connectivity index (χ0v) is 27.1. The molecule has 5 N–H and O–H groups in total. The maximum absolute atomic E-state index is 14.8. The lowest BCUT2D eigenvalue weighted by Gasteiger charge is -2.47. The van der Waals surface area contributed by atoms with E-state index in [1.807, 2.05) is 0 Å². The molecule has 2 aliphatic rings. The van der Waals surface area contributed by atoms with Gasteiger partial charge in [-0.05, 0) is 78.9 Å². The van der Waals surface area contributed by atoms with Gasteiger partial charge < -0.3 is 30.9 Å². The Morgan fingerprint density at radius 1 is 1.09 bits per heavy atom. The van der Waals surface area contributed by atoms with Crippen LogP contribution < -0.4 is 20.7 Å². The average molecular weight is 673 g/mol. The van der Waals surface area contributed by atoms with Crippen LogP contribution in [-0.4, -0.2) is 52.8 Å². The highest BCUT2D eigenvalue weighted by Crippen LogP contribution is 2.59. The Morgan fingerprint density at radius 3 is 2.48 bits per heavy atom. The number of ether oxygens (including phenoxy) is 1. The first-order valence-electron chi connectivity index (χ1n) is 15.1. The van der Waals surface area contributed by atoms with Crippen molar-refractivity contribution in [3.8, 4) is 5.75 Å². The number of nitrogens with one attached hydrogen (secondary N) is 3. The smallest absolute Gasteiger partial charge is 0.264 e. The Hall–Kier alpha value is -3.70. The van der Waals surface area contributed by atoms with Crippen LogP contribution in [0.4, 0.5) is 10.1 Å². The fourth-order valence-electron chi connectivity index (χ4n) is 6.74. The van der Waals surface area contributed by atoms with Crippen molar-refractivity contribution in [2.24, 2.45) is 0 Å². The molecule has 0 bridgehead atoms. The fraction of sp³-hybridized carbons (Fsp3) is 0.382. The molecule has 0 aromatic heterocycles. The number of amides is 3. The zero-order valence-electron chi connectivity index (χ0n) is 25.6. The minimum Gasteiger partial charge on any atom is -0.477 e. The Kier molecular flexibility index (Phi) is 9.65. The summed E-state index contributed by atoms with van der Waals surface area (Å²) < 4.78 is 21.4. The summed E-state index contributed by atoms with van der Waals surface area (Å²) in [6.07, 6.45) is -0.845. The van der Waals surface area contributed by atoms with Crippen LogP contribution in [0.1, 0.15) is 67.3 Å². The van der Waals surface area contributed by atoms with Gasteiger partial charge in [-0.3, -0.25) is 14.4 Å². The summed E-state index contributed by atoms with van der Waals surface area (Å²) in [4.78, 5) is 41.6. The molecule has 12 heteroatoms. The van der Waals surface area contributed by atoms with Gasteiger partial charge in [0.25, 0.3) is 5.91 Å². The highest BCUT2D eigenvalue weighted by molar-refractivity contribution is 6.31. The van der Waals surface area contributed by atoms with Crippen LogP contribution in [0.5, 0.6) is 5.75 Å². The Bertz CT molecular complexity index is 1680. The summed E-state index contributed by atoms with van der Waals surface area (Å²) in [6, 6.07) is 13.1. The number of piperidine rings is 1. The van der Waals surface area contributed by atoms with Crippen LogP contribution in [0.3, 0.4) is 0 Å². The van der Waals surface area contributed by atoms with E-state index in [2.05, 4.69) is 16.0 Å². The van der Waals surface area contributed by atoms with Gasteiger partial charge in [0, 0.05) is 40.2 Å². The van der Waals surface area contributed by atoms with Gasteiger partial charge in [0.05, 0.1) is 18.8 Å². The molecule has 3 amide bonds. The fourth-order valence-corrected chi connectivity index (χ4v) is 7.09. The van der Waals surface area contributed by atoms with Gasteiger partial charge in [0.1, 0.15) is 17.0 Å². The lowest BCUT2D eigenvalue weighted by atomic mass is 9.59. The number of benzene rings is 3. The summed E-state index contributed by atoms with van der Waals surface area (Å²) in [7, 11) is 0. The zero-order chi connectivity index (χ0) is 33.4. The van der Waals surface area contributed by atoms with E-state index in [0.717, 1.165) is 0 Å². The quantitative estimate of drug-likeness (QED) is 0.204. The van der Waals surface area contributed by atoms with Crippen molar-refractivity contribution in [3.63, 3.8) is 0 Å². The average Bonchev–Trinajstić information content (AvgIpc) is 3.31. The summed E-state index contributed by atoms with van der Waals surface area (Å²) in [5.41, 5.74) is -0.400. The molecular weight excluding hydrogens is 636 g/mol. The van der Waals surface area contributed by atoms with Crippen LogP contribution in [0.25, 0.3) is 0 Å². The maximum Gasteiger partial charge on any atom is 0.264 e. The number of halogens is 3. The van der Waals surface area contributed by atoms with Crippen molar-refractivity contribution < 1.29 is 33.7 Å². The van der Waals surface area contributed by atoms with Crippen molar-refractivity contribution in [1.82, 2.24) is 10.6 Å². The lowest BCUT2D eigenvalue weighted by Crippen LogP contribution is -2.57. The molecule has 1 saturated heterocycles. The molecule has 244 valence electrons. The summed E-state index contributed by atoms with van der Waals surface area (Å²) >= 11 is 12.9. The first-order chi connectivity index (χ1) is 21.9. The molecule has 1 fully saturated rings. The molecule has 1 spiro atoms. The van der Waals surface area contributed by atoms with Crippen LogP contribution in [0, 0.1) is 12.7 Å². The van der Waals surface area contributed by atoms with Gasteiger partial charge >= 0.3 is 0 Å². The summed E-state index contributed by atoms with van der Waals surface area (Å²) in [6.45, 7) is 4.63. The summed E-state index contributed by atoms with van der Waals surface area (Å²) in [5.74, 6) is -2.50. The number of anilines is 1. The minimum atomic E-state index is -1.51. The van der Waals surface area contributed by atoms with Crippen LogP contribution in [0.2, 0.25) is 10.0 Å². The number of carbonyl (C=O) groups excluding carboxylic acids is 3. The molecule has 2 heterocycles. The number of hydrogen-bond donors (Lipinski definition) is 5. The normalized spacial score (nSPS) is 21.4. The Labute approximate surface area is 276 Å². The minimum absolute atomic E-state index is 0.156. The molecule has 1 unspecified atom stereocenters. The SMILES string of the molecule is CCC(CC)(Oc1ccc(Cl)cc1C1CC(=O)N[C@@H](c2cc(F)ccc2C)[C@]12C(=O)Nc1cc(Cl)ccc12)C(=O)NC[C@H](O)CO. The van der Waals surface area contributed by atoms with Crippen molar-refractivity contribution in [1.29, 1.82) is 0 Å². The number of carbonyl (C=O) groups is 3. The van der Waals surface area contributed by atoms with Crippen molar-refractivity contribution in [2.45, 2.75) is 69.1 Å². The number of rotatable bonds is 10. The van der Waals surface area contributed by atoms with E-state index in [0.29, 0.717) is 38.0 Å². The van der Waals surface area contributed by atoms with Gasteiger partial charge in [-0.25, -0.2) is 4.39 Å². The third-order valence-corrected chi connectivity index (χ3v) is 9.69. The lowest BCUT2D eigenvalue weighted by molar-refractivity contribution is -0.138. The third kappa shape index (κ3) is 5.83. The van der Waals surface area contributed by atoms with E-state index in [-0.39, 0.29) is 37.5 Å². The van der Waals surface area contributed by atoms with Crippen molar-refractivity contribution in [3.05, 3.63) is 92.7 Å². The van der Waals surface area contributed by atoms with E-state index in [4.69, 9.17) is 27.9 Å². The first kappa shape index (κ1) is 33.7. The van der Waals surface area contributed by atoms with Crippen molar-refractivity contribution >= 4 is 46.6 Å². The van der Waals surface area contributed by atoms with E-state index >= 15 is 0 Å². The molecule has 0 aliphatic carbocycles. The molecule has 4 atom stereocenters. The molecule has 5 rings (SSSR count). The molecule has 2 aliphatic heterocycles. The molecule has 9 nitrogen and oxygen atoms in total. The van der Waals surface area contributed by atoms with Crippen molar-refractivity contribution in [2.75, 3.05) is 18.5 Å². The second kappa shape index (κ2) is 13.2. The van der Waals surface area contributed by atoms with E-state index in [9.17, 15) is 29.0 Å². The standard InChI is InChI=1S/C34H36Cl2FN3O6/c1-4-33(5-2,31(44)38-16-22(42)17-41)46-28-11-8-19(35)12-24(28)26-15-29(43)40-30(23-14-21(37)9-6-18(23)3)34(26)25-10-7-20(36)13-27(25)39-32(34)45/h6-14,22,26,30,41-42H,4-5,15-17H2,1-3H3,(H,38,44)(H,39,45)(H,40,43)/t22-,26?,30-,34+/m0/s1. The molecule has 3 aromatic rings. The van der Waals surface area contributed by atoms with Gasteiger partial charge in [0.15, 0.2) is 5.60 Å². The molecular formula is C34H36Cl2FN3O6. The molecule has 0 saturated carbocycles. The Morgan fingerprint density at radius 2 is 1.78 bits per heavy atom. The van der Waals surface area contributed by atoms with Gasteiger partial charge in [0.2, 0.25) is 11.8 Å². The highest BCUT2D eigenvalue weighted by atomic mass is 35.5. The number of fused-ring (bicyclic) bond motifs is 2. The monoisotopic (exact) mass is 671 g/mol. The molecule has 0 radical (unpaired) electrons. The Balaban J connectivity index is 1.73. The number of aliphatic hydroxyl groups is 2. The third-order valence-electron chi connectivity index (χ3n) is 9.22. The largest absolute Gasteiger partial charge is 0.477 e. The highest BCUT2D eigenvalue weighted by Gasteiger charge is 2.62. The van der Waals surface area contributed by atoms with E-state index in [1.165, 1.54) is 12.1 Å².